The molecule has 0 saturated heterocycles. The molecule has 0 aliphatic carbocycles. The lowest BCUT2D eigenvalue weighted by Crippen LogP contribution is -2.41. The molecule has 0 radical (unpaired) electrons. The first-order valence-corrected chi connectivity index (χ1v) is 26.5. The van der Waals surface area contributed by atoms with Gasteiger partial charge in [-0.05, 0) is 90.6 Å². The summed E-state index contributed by atoms with van der Waals surface area (Å²) >= 11 is 0. The summed E-state index contributed by atoms with van der Waals surface area (Å²) in [5, 5.41) is 29.6. The number of anilines is 2. The molecule has 1 unspecified atom stereocenters. The number of carboxylic acid groups (broad SMARTS) is 2. The number of H-pyrrole nitrogens is 1. The van der Waals surface area contributed by atoms with Crippen LogP contribution in [-0.4, -0.2) is 152 Å². The Balaban J connectivity index is -0.000000512. The first kappa shape index (κ1) is 70.0. The van der Waals surface area contributed by atoms with Crippen molar-refractivity contribution in [2.24, 2.45) is 0 Å². The fraction of sp³-hybridized carbons (Fsp3) is 0.568. The second kappa shape index (κ2) is 41.4. The lowest BCUT2D eigenvalue weighted by Gasteiger charge is -2.14. The summed E-state index contributed by atoms with van der Waals surface area (Å²) in [6.45, 7) is 29.9. The number of carbonyl (C=O) groups is 7. The van der Waals surface area contributed by atoms with E-state index in [2.05, 4.69) is 55.1 Å². The lowest BCUT2D eigenvalue weighted by molar-refractivity contribution is -0.140. The van der Waals surface area contributed by atoms with Crippen molar-refractivity contribution in [3.63, 3.8) is 0 Å². The van der Waals surface area contributed by atoms with E-state index in [1.807, 2.05) is 54.9 Å². The summed E-state index contributed by atoms with van der Waals surface area (Å²) in [5.41, 5.74) is 1.28. The van der Waals surface area contributed by atoms with E-state index in [0.29, 0.717) is 42.7 Å². The lowest BCUT2D eigenvalue weighted by atomic mass is 10.1. The normalized spacial score (nSPS) is 10.9. The molecule has 7 N–H and O–H groups in total. The third-order valence-corrected chi connectivity index (χ3v) is 9.29. The standard InChI is InChI=1S/C22H25N7O6.C9H22NO2P.C9H21O3P.4CH2O/c1-11(2)25-22-28-18-17(20(33)29-22)26-14(10-24-18)9-23-13-5-3-12(4-6-13)19(32)27-15(21(34)35)7-8-16(30)31;1-9(2)10-7-5-6-8-12-13(3,4)11;1-9(2)11-7-5-6-8-12-13(3,4)10;4*1-2/h3-6,10-11,15,23H,7-9H2,1-2H3,(H,27,32)(H,30,31)(H,34,35)(H2,24,25,28,29,33);9-10H,5-8H2,1-4H3;9H,5-8H2,1-4H3;4*1H2. The van der Waals surface area contributed by atoms with Crippen molar-refractivity contribution in [1.29, 1.82) is 0 Å². The van der Waals surface area contributed by atoms with Crippen molar-refractivity contribution in [3.05, 3.63) is 52.1 Å². The zero-order valence-electron chi connectivity index (χ0n) is 41.7. The highest BCUT2D eigenvalue weighted by Gasteiger charge is 2.21. The van der Waals surface area contributed by atoms with Crippen molar-refractivity contribution in [2.75, 3.05) is 63.7 Å². The van der Waals surface area contributed by atoms with Crippen LogP contribution in [0.4, 0.5) is 11.6 Å². The monoisotopic (exact) mass is 1020 g/mol. The summed E-state index contributed by atoms with van der Waals surface area (Å²) in [7, 11) is -4.53. The number of aromatic nitrogens is 4. The molecule has 23 nitrogen and oxygen atoms in total. The van der Waals surface area contributed by atoms with E-state index in [4.69, 9.17) is 38.1 Å². The van der Waals surface area contributed by atoms with Crippen molar-refractivity contribution in [1.82, 2.24) is 30.6 Å². The van der Waals surface area contributed by atoms with Gasteiger partial charge in [-0.15, -0.1) is 0 Å². The number of rotatable bonds is 25. The summed E-state index contributed by atoms with van der Waals surface area (Å²) in [6.07, 6.45) is 5.14. The number of nitrogens with one attached hydrogen (secondary N) is 5. The maximum atomic E-state index is 12.3. The van der Waals surface area contributed by atoms with Gasteiger partial charge in [-0.25, -0.2) is 14.8 Å². The van der Waals surface area contributed by atoms with E-state index in [-0.39, 0.29) is 42.2 Å². The van der Waals surface area contributed by atoms with Gasteiger partial charge in [0.1, 0.15) is 33.2 Å². The minimum Gasteiger partial charge on any atom is -0.481 e. The Kier molecular flexibility index (Phi) is 42.0. The predicted molar refractivity (Wildman–Crippen MR) is 268 cm³/mol. The molecule has 0 saturated carbocycles. The largest absolute Gasteiger partial charge is 0.481 e. The van der Waals surface area contributed by atoms with E-state index in [1.54, 1.807) is 38.8 Å². The maximum absolute atomic E-state index is 12.3. The summed E-state index contributed by atoms with van der Waals surface area (Å²) in [5.74, 6) is -2.77. The third-order valence-electron chi connectivity index (χ3n) is 7.68. The SMILES string of the molecule is C=O.C=O.C=O.C=O.CC(C)NCCCCOP(C)(C)=O.CC(C)Nc1nc2ncc(CNc3ccc(C(=O)NC(CCC(=O)O)C(=O)O)cc3)nc2c(=O)[nH]1.CC(C)OCCCCOP(C)(C)=O. The van der Waals surface area contributed by atoms with Crippen LogP contribution >= 0.6 is 14.7 Å². The van der Waals surface area contributed by atoms with E-state index in [0.717, 1.165) is 38.8 Å². The van der Waals surface area contributed by atoms with Gasteiger partial charge < -0.3 is 64.4 Å². The van der Waals surface area contributed by atoms with Crippen LogP contribution < -0.4 is 26.8 Å². The minimum absolute atomic E-state index is 0.0834. The average Bonchev–Trinajstić information content (AvgIpc) is 3.29. The minimum atomic E-state index is -2.27. The Bertz CT molecular complexity index is 1970. The Hall–Kier alpha value is -5.57. The molecule has 0 fully saturated rings. The van der Waals surface area contributed by atoms with E-state index in [1.165, 1.54) is 18.3 Å². The van der Waals surface area contributed by atoms with Gasteiger partial charge in [0.2, 0.25) is 5.95 Å². The van der Waals surface area contributed by atoms with Crippen LogP contribution in [0, 0.1) is 0 Å². The van der Waals surface area contributed by atoms with Gasteiger partial charge in [-0.1, -0.05) is 13.8 Å². The van der Waals surface area contributed by atoms with Crippen molar-refractivity contribution in [3.8, 4) is 0 Å². The number of ether oxygens (including phenoxy) is 1. The molecule has 0 aliphatic heterocycles. The first-order valence-electron chi connectivity index (χ1n) is 21.5. The Morgan fingerprint density at radius 3 is 1.74 bits per heavy atom. The molecular formula is C44H76N8O15P2. The molecule has 0 spiro atoms. The van der Waals surface area contributed by atoms with Crippen LogP contribution in [-0.2, 0) is 58.2 Å². The van der Waals surface area contributed by atoms with Crippen molar-refractivity contribution < 1.29 is 66.7 Å². The van der Waals surface area contributed by atoms with Crippen LogP contribution in [0.2, 0.25) is 0 Å². The highest BCUT2D eigenvalue weighted by molar-refractivity contribution is 7.57. The number of aliphatic carboxylic acids is 2. The summed E-state index contributed by atoms with van der Waals surface area (Å²) in [4.78, 5) is 94.0. The number of carbonyl (C=O) groups excluding carboxylic acids is 5. The molecule has 3 rings (SSSR count). The Morgan fingerprint density at radius 1 is 0.754 bits per heavy atom. The Labute approximate surface area is 405 Å². The van der Waals surface area contributed by atoms with Crippen LogP contribution in [0.3, 0.4) is 0 Å². The maximum Gasteiger partial charge on any atom is 0.326 e. The van der Waals surface area contributed by atoms with Crippen LogP contribution in [0.25, 0.3) is 11.2 Å². The third kappa shape index (κ3) is 40.1. The first-order chi connectivity index (χ1) is 32.5. The predicted octanol–water partition coefficient (Wildman–Crippen LogP) is 5.52. The zero-order chi connectivity index (χ0) is 54.2. The van der Waals surface area contributed by atoms with Crippen LogP contribution in [0.5, 0.6) is 0 Å². The van der Waals surface area contributed by atoms with Gasteiger partial charge in [-0.2, -0.15) is 4.98 Å². The average molecular weight is 1020 g/mol. The van der Waals surface area contributed by atoms with E-state index in [9.17, 15) is 33.4 Å². The molecule has 69 heavy (non-hydrogen) atoms. The van der Waals surface area contributed by atoms with Gasteiger partial charge in [0.05, 0.1) is 37.8 Å². The number of benzene rings is 1. The molecule has 1 amide bonds. The summed E-state index contributed by atoms with van der Waals surface area (Å²) < 4.78 is 37.9. The second-order valence-electron chi connectivity index (χ2n) is 15.6. The molecule has 0 aliphatic rings. The molecule has 25 heteroatoms. The number of nitrogens with zero attached hydrogens (tertiary/aromatic N) is 3. The molecule has 2 aromatic heterocycles. The van der Waals surface area contributed by atoms with Crippen molar-refractivity contribution >= 4 is 82.5 Å². The van der Waals surface area contributed by atoms with E-state index >= 15 is 0 Å². The fourth-order valence-corrected chi connectivity index (χ4v) is 5.93. The fourth-order valence-electron chi connectivity index (χ4n) is 4.79. The molecule has 0 bridgehead atoms. The van der Waals surface area contributed by atoms with Crippen LogP contribution in [0.15, 0.2) is 35.3 Å². The van der Waals surface area contributed by atoms with Gasteiger partial charge in [-0.3, -0.25) is 28.5 Å². The topological polar surface area (TPSA) is 341 Å². The smallest absolute Gasteiger partial charge is 0.326 e. The number of hydrogen-bond donors (Lipinski definition) is 7. The quantitative estimate of drug-likeness (QED) is 0.0406. The molecule has 392 valence electrons. The van der Waals surface area contributed by atoms with Crippen LogP contribution in [0.1, 0.15) is 96.1 Å². The number of carboxylic acids is 2. The molecule has 1 atom stereocenters. The van der Waals surface area contributed by atoms with Gasteiger partial charge in [0.15, 0.2) is 25.9 Å². The number of hydrogen-bond acceptors (Lipinski definition) is 19. The van der Waals surface area contributed by atoms with Crippen molar-refractivity contribution in [2.45, 2.75) is 111 Å². The number of fused-ring (bicyclic) bond motifs is 1. The summed E-state index contributed by atoms with van der Waals surface area (Å²) in [6, 6.07) is 5.56. The van der Waals surface area contributed by atoms with E-state index < -0.39 is 44.2 Å². The highest BCUT2D eigenvalue weighted by atomic mass is 31.2. The molecule has 2 heterocycles. The van der Waals surface area contributed by atoms with Gasteiger partial charge in [0, 0.05) is 63.0 Å². The number of aromatic amines is 1. The van der Waals surface area contributed by atoms with Gasteiger partial charge >= 0.3 is 11.9 Å². The highest BCUT2D eigenvalue weighted by Crippen LogP contribution is 2.37. The second-order valence-corrected chi connectivity index (χ2v) is 21.1. The number of amides is 1. The Morgan fingerprint density at radius 2 is 1.28 bits per heavy atom. The number of unbranched alkanes of at least 4 members (excludes halogenated alkanes) is 2. The molecule has 3 aromatic rings. The zero-order valence-corrected chi connectivity index (χ0v) is 43.5. The van der Waals surface area contributed by atoms with Gasteiger partial charge in [0.25, 0.3) is 11.5 Å². The molecule has 1 aromatic carbocycles. The molecular weight excluding hydrogens is 942 g/mol.